The monoisotopic (exact) mass is 513 g/mol. The van der Waals surface area contributed by atoms with Crippen LogP contribution in [0.5, 0.6) is 0 Å². The number of rotatable bonds is 5. The van der Waals surface area contributed by atoms with E-state index in [1.165, 1.54) is 0 Å². The van der Waals surface area contributed by atoms with E-state index in [1.54, 1.807) is 54.6 Å². The maximum absolute atomic E-state index is 13.0. The summed E-state index contributed by atoms with van der Waals surface area (Å²) < 4.78 is 0. The van der Waals surface area contributed by atoms with Gasteiger partial charge in [-0.05, 0) is 79.6 Å². The summed E-state index contributed by atoms with van der Waals surface area (Å²) in [6.07, 6.45) is 0. The predicted octanol–water partition coefficient (Wildman–Crippen LogP) is 6.30. The molecule has 0 radical (unpaired) electrons. The molecule has 6 nitrogen and oxygen atoms in total. The van der Waals surface area contributed by atoms with Crippen molar-refractivity contribution in [3.63, 3.8) is 0 Å². The van der Waals surface area contributed by atoms with Crippen molar-refractivity contribution in [1.29, 1.82) is 0 Å². The van der Waals surface area contributed by atoms with Crippen molar-refractivity contribution in [3.8, 4) is 0 Å². The third kappa shape index (κ3) is 4.80. The second kappa shape index (κ2) is 9.50. The standard InChI is InChI=1S/C25H18Cl3N3O3/c1-13-3-8-20(9-14(13)2)31-24(33)21(28)22(25(31)34)29-18-6-4-15(5-7-18)23(32)30-19-11-16(26)10-17(27)12-19/h3-12,29H,1-2H3,(H,30,32). The van der Waals surface area contributed by atoms with Crippen LogP contribution >= 0.6 is 34.8 Å². The first-order valence-corrected chi connectivity index (χ1v) is 11.3. The number of imide groups is 1. The van der Waals surface area contributed by atoms with Crippen LogP contribution in [0.3, 0.4) is 0 Å². The lowest BCUT2D eigenvalue weighted by molar-refractivity contribution is -0.120. The number of nitrogens with one attached hydrogen (secondary N) is 2. The molecule has 0 saturated carbocycles. The van der Waals surface area contributed by atoms with Crippen molar-refractivity contribution in [3.05, 3.63) is 98.1 Å². The van der Waals surface area contributed by atoms with Gasteiger partial charge in [0.2, 0.25) is 0 Å². The number of halogens is 3. The fourth-order valence-corrected chi connectivity index (χ4v) is 4.13. The molecule has 34 heavy (non-hydrogen) atoms. The normalized spacial score (nSPS) is 13.5. The molecule has 0 aromatic heterocycles. The number of anilines is 3. The highest BCUT2D eigenvalue weighted by Gasteiger charge is 2.39. The summed E-state index contributed by atoms with van der Waals surface area (Å²) >= 11 is 18.1. The summed E-state index contributed by atoms with van der Waals surface area (Å²) in [6.45, 7) is 3.84. The van der Waals surface area contributed by atoms with Gasteiger partial charge >= 0.3 is 0 Å². The molecule has 0 fully saturated rings. The van der Waals surface area contributed by atoms with Gasteiger partial charge in [-0.3, -0.25) is 14.4 Å². The van der Waals surface area contributed by atoms with Crippen LogP contribution in [0.4, 0.5) is 17.1 Å². The largest absolute Gasteiger partial charge is 0.350 e. The molecule has 0 unspecified atom stereocenters. The zero-order valence-corrected chi connectivity index (χ0v) is 20.3. The summed E-state index contributed by atoms with van der Waals surface area (Å²) in [5, 5.41) is 6.21. The number of amides is 3. The molecule has 0 atom stereocenters. The highest BCUT2D eigenvalue weighted by Crippen LogP contribution is 2.31. The van der Waals surface area contributed by atoms with E-state index < -0.39 is 11.8 Å². The number of carbonyl (C=O) groups is 3. The Morgan fingerprint density at radius 3 is 2.03 bits per heavy atom. The van der Waals surface area contributed by atoms with Crippen molar-refractivity contribution >= 4 is 69.6 Å². The van der Waals surface area contributed by atoms with Gasteiger partial charge in [0.05, 0.1) is 5.69 Å². The molecule has 9 heteroatoms. The third-order valence-corrected chi connectivity index (χ3v) is 6.10. The van der Waals surface area contributed by atoms with Gasteiger partial charge in [0.15, 0.2) is 0 Å². The van der Waals surface area contributed by atoms with E-state index >= 15 is 0 Å². The maximum Gasteiger partial charge on any atom is 0.283 e. The van der Waals surface area contributed by atoms with E-state index in [9.17, 15) is 14.4 Å². The van der Waals surface area contributed by atoms with E-state index in [1.807, 2.05) is 19.9 Å². The third-order valence-electron chi connectivity index (χ3n) is 5.31. The first kappa shape index (κ1) is 23.8. The smallest absolute Gasteiger partial charge is 0.283 e. The van der Waals surface area contributed by atoms with Gasteiger partial charge in [0.1, 0.15) is 10.7 Å². The lowest BCUT2D eigenvalue weighted by Gasteiger charge is -2.16. The van der Waals surface area contributed by atoms with Crippen LogP contribution in [0, 0.1) is 13.8 Å². The van der Waals surface area contributed by atoms with Crippen LogP contribution in [0.15, 0.2) is 71.4 Å². The Morgan fingerprint density at radius 2 is 1.41 bits per heavy atom. The average molecular weight is 515 g/mol. The Kier molecular flexibility index (Phi) is 6.66. The molecule has 0 spiro atoms. The molecule has 3 amide bonds. The first-order valence-electron chi connectivity index (χ1n) is 10.1. The first-order chi connectivity index (χ1) is 16.1. The van der Waals surface area contributed by atoms with E-state index in [4.69, 9.17) is 34.8 Å². The lowest BCUT2D eigenvalue weighted by atomic mass is 10.1. The summed E-state index contributed by atoms with van der Waals surface area (Å²) in [5.74, 6) is -1.53. The quantitative estimate of drug-likeness (QED) is 0.392. The zero-order chi connectivity index (χ0) is 24.6. The van der Waals surface area contributed by atoms with Gasteiger partial charge in [0, 0.05) is 27.0 Å². The topological polar surface area (TPSA) is 78.5 Å². The maximum atomic E-state index is 13.0. The molecule has 3 aromatic rings. The van der Waals surface area contributed by atoms with Gasteiger partial charge in [-0.15, -0.1) is 0 Å². The van der Waals surface area contributed by atoms with Crippen molar-refractivity contribution < 1.29 is 14.4 Å². The summed E-state index contributed by atoms with van der Waals surface area (Å²) in [5.41, 5.74) is 3.72. The second-order valence-electron chi connectivity index (χ2n) is 7.72. The molecule has 172 valence electrons. The predicted molar refractivity (Wildman–Crippen MR) is 136 cm³/mol. The van der Waals surface area contributed by atoms with Crippen LogP contribution in [-0.2, 0) is 9.59 Å². The van der Waals surface area contributed by atoms with Gasteiger partial charge in [-0.2, -0.15) is 0 Å². The average Bonchev–Trinajstić information content (AvgIpc) is 2.98. The van der Waals surface area contributed by atoms with Crippen LogP contribution in [-0.4, -0.2) is 17.7 Å². The molecular weight excluding hydrogens is 497 g/mol. The SMILES string of the molecule is Cc1ccc(N2C(=O)C(Cl)=C(Nc3ccc(C(=O)Nc4cc(Cl)cc(Cl)c4)cc3)C2=O)cc1C. The Hall–Kier alpha value is -3.32. The van der Waals surface area contributed by atoms with Crippen LogP contribution in [0.25, 0.3) is 0 Å². The molecule has 1 heterocycles. The zero-order valence-electron chi connectivity index (χ0n) is 18.1. The summed E-state index contributed by atoms with van der Waals surface area (Å²) in [4.78, 5) is 39.2. The molecule has 3 aromatic carbocycles. The number of carbonyl (C=O) groups excluding carboxylic acids is 3. The fraction of sp³-hybridized carbons (Fsp3) is 0.0800. The molecule has 1 aliphatic rings. The minimum atomic E-state index is -0.603. The van der Waals surface area contributed by atoms with Gasteiger partial charge in [-0.25, -0.2) is 4.90 Å². The molecule has 1 aliphatic heterocycles. The van der Waals surface area contributed by atoms with E-state index in [0.29, 0.717) is 32.7 Å². The Bertz CT molecular complexity index is 1350. The van der Waals surface area contributed by atoms with Gasteiger partial charge in [0.25, 0.3) is 17.7 Å². The van der Waals surface area contributed by atoms with Gasteiger partial charge < -0.3 is 10.6 Å². The number of benzene rings is 3. The summed E-state index contributed by atoms with van der Waals surface area (Å²) in [6, 6.07) is 16.4. The number of hydrogen-bond acceptors (Lipinski definition) is 4. The van der Waals surface area contributed by atoms with Crippen molar-refractivity contribution in [2.24, 2.45) is 0 Å². The molecule has 0 saturated heterocycles. The Morgan fingerprint density at radius 1 is 0.765 bits per heavy atom. The van der Waals surface area contributed by atoms with Crippen molar-refractivity contribution in [1.82, 2.24) is 0 Å². The molecule has 0 aliphatic carbocycles. The van der Waals surface area contributed by atoms with Crippen LogP contribution < -0.4 is 15.5 Å². The Balaban J connectivity index is 1.49. The Labute approximate surface area is 211 Å². The van der Waals surface area contributed by atoms with Crippen LogP contribution in [0.2, 0.25) is 10.0 Å². The van der Waals surface area contributed by atoms with Crippen molar-refractivity contribution in [2.45, 2.75) is 13.8 Å². The number of hydrogen-bond donors (Lipinski definition) is 2. The number of nitrogens with zero attached hydrogens (tertiary/aromatic N) is 1. The molecule has 4 rings (SSSR count). The highest BCUT2D eigenvalue weighted by atomic mass is 35.5. The minimum Gasteiger partial charge on any atom is -0.350 e. The molecular formula is C25H18Cl3N3O3. The van der Waals surface area contributed by atoms with E-state index in [2.05, 4.69) is 10.6 Å². The van der Waals surface area contributed by atoms with Gasteiger partial charge in [-0.1, -0.05) is 40.9 Å². The highest BCUT2D eigenvalue weighted by molar-refractivity contribution is 6.53. The molecule has 0 bridgehead atoms. The van der Waals surface area contributed by atoms with Crippen LogP contribution in [0.1, 0.15) is 21.5 Å². The molecule has 2 N–H and O–H groups in total. The van der Waals surface area contributed by atoms with E-state index in [-0.39, 0.29) is 16.6 Å². The second-order valence-corrected chi connectivity index (χ2v) is 8.97. The van der Waals surface area contributed by atoms with Crippen molar-refractivity contribution in [2.75, 3.05) is 15.5 Å². The summed E-state index contributed by atoms with van der Waals surface area (Å²) in [7, 11) is 0. The van der Waals surface area contributed by atoms with E-state index in [0.717, 1.165) is 16.0 Å². The lowest BCUT2D eigenvalue weighted by Crippen LogP contribution is -2.32. The fourth-order valence-electron chi connectivity index (χ4n) is 3.39. The number of aryl methyl sites for hydroxylation is 2. The minimum absolute atomic E-state index is 0.0318.